The number of rotatable bonds is 2. The zero-order valence-corrected chi connectivity index (χ0v) is 14.8. The van der Waals surface area contributed by atoms with Crippen molar-refractivity contribution in [2.45, 2.75) is 13.0 Å². The number of piperazine rings is 1. The number of H-pyrrole nitrogens is 1. The molecule has 2 aliphatic rings. The fourth-order valence-electron chi connectivity index (χ4n) is 3.25. The summed E-state index contributed by atoms with van der Waals surface area (Å²) in [6.07, 6.45) is 2.70. The number of nitrogens with one attached hydrogen (secondary N) is 2. The van der Waals surface area contributed by atoms with Gasteiger partial charge in [0.05, 0.1) is 0 Å². The van der Waals surface area contributed by atoms with Crippen LogP contribution in [0, 0.1) is 0 Å². The van der Waals surface area contributed by atoms with Gasteiger partial charge in [-0.1, -0.05) is 0 Å². The molecule has 2 N–H and O–H groups in total. The molecule has 0 saturated carbocycles. The number of hydrogen-bond acceptors (Lipinski definition) is 5. The Morgan fingerprint density at radius 1 is 1.21 bits per heavy atom. The van der Waals surface area contributed by atoms with Crippen molar-refractivity contribution in [3.8, 4) is 0 Å². The Hall–Kier alpha value is -1.93. The van der Waals surface area contributed by atoms with Gasteiger partial charge in [-0.3, -0.25) is 9.89 Å². The normalized spacial score (nSPS) is 17.7. The lowest BCUT2D eigenvalue weighted by Crippen LogP contribution is -2.49. The van der Waals surface area contributed by atoms with Gasteiger partial charge in [0.15, 0.2) is 5.69 Å². The molecule has 4 heterocycles. The van der Waals surface area contributed by atoms with Crippen molar-refractivity contribution in [2.75, 3.05) is 37.6 Å². The van der Waals surface area contributed by atoms with E-state index in [1.807, 2.05) is 17.0 Å². The van der Waals surface area contributed by atoms with Gasteiger partial charge in [0.2, 0.25) is 0 Å². The molecule has 7 nitrogen and oxygen atoms in total. The lowest BCUT2D eigenvalue weighted by atomic mass is 10.1. The zero-order chi connectivity index (χ0) is 16.5. The van der Waals surface area contributed by atoms with Crippen molar-refractivity contribution >= 4 is 27.7 Å². The van der Waals surface area contributed by atoms with Gasteiger partial charge >= 0.3 is 0 Å². The van der Waals surface area contributed by atoms with E-state index in [-0.39, 0.29) is 5.91 Å². The first kappa shape index (κ1) is 15.6. The number of carbonyl (C=O) groups excluding carboxylic acids is 1. The van der Waals surface area contributed by atoms with Crippen molar-refractivity contribution in [1.29, 1.82) is 0 Å². The second-order valence-corrected chi connectivity index (χ2v) is 6.99. The van der Waals surface area contributed by atoms with Crippen LogP contribution in [0.1, 0.15) is 21.7 Å². The van der Waals surface area contributed by atoms with Gasteiger partial charge < -0.3 is 15.1 Å². The highest BCUT2D eigenvalue weighted by Gasteiger charge is 2.28. The van der Waals surface area contributed by atoms with E-state index in [0.717, 1.165) is 54.1 Å². The standard InChI is InChI=1S/C16H19BrN6O/c17-11-1-2-14(19-9-11)22-5-7-23(8-6-22)16(24)15-12-10-18-4-3-13(12)20-21-15/h1-2,9,18H,3-8,10H2,(H,20,21). The first-order valence-corrected chi connectivity index (χ1v) is 8.94. The molecule has 24 heavy (non-hydrogen) atoms. The molecular weight excluding hydrogens is 372 g/mol. The van der Waals surface area contributed by atoms with E-state index >= 15 is 0 Å². The van der Waals surface area contributed by atoms with Crippen molar-refractivity contribution in [3.05, 3.63) is 39.8 Å². The summed E-state index contributed by atoms with van der Waals surface area (Å²) in [5.74, 6) is 0.978. The lowest BCUT2D eigenvalue weighted by molar-refractivity contribution is 0.0739. The Morgan fingerprint density at radius 3 is 2.79 bits per heavy atom. The van der Waals surface area contributed by atoms with Crippen LogP contribution in [0.5, 0.6) is 0 Å². The number of fused-ring (bicyclic) bond motifs is 1. The summed E-state index contributed by atoms with van der Waals surface area (Å²) in [6, 6.07) is 3.99. The second-order valence-electron chi connectivity index (χ2n) is 6.07. The number of aromatic amines is 1. The quantitative estimate of drug-likeness (QED) is 0.804. The van der Waals surface area contributed by atoms with E-state index in [2.05, 4.69) is 41.3 Å². The van der Waals surface area contributed by atoms with Gasteiger partial charge in [-0.05, 0) is 28.1 Å². The Bertz CT molecular complexity index is 736. The fraction of sp³-hybridized carbons (Fsp3) is 0.438. The van der Waals surface area contributed by atoms with E-state index in [4.69, 9.17) is 0 Å². The minimum Gasteiger partial charge on any atom is -0.353 e. The number of anilines is 1. The highest BCUT2D eigenvalue weighted by atomic mass is 79.9. The fourth-order valence-corrected chi connectivity index (χ4v) is 3.48. The van der Waals surface area contributed by atoms with Crippen LogP contribution in [-0.2, 0) is 13.0 Å². The van der Waals surface area contributed by atoms with Gasteiger partial charge in [-0.15, -0.1) is 0 Å². The maximum absolute atomic E-state index is 12.8. The van der Waals surface area contributed by atoms with E-state index in [1.54, 1.807) is 6.20 Å². The minimum absolute atomic E-state index is 0.0274. The molecule has 1 fully saturated rings. The third-order valence-corrected chi connectivity index (χ3v) is 5.08. The summed E-state index contributed by atoms with van der Waals surface area (Å²) in [4.78, 5) is 21.3. The number of pyridine rings is 1. The largest absolute Gasteiger partial charge is 0.353 e. The van der Waals surface area contributed by atoms with Crippen LogP contribution in [0.4, 0.5) is 5.82 Å². The number of carbonyl (C=O) groups is 1. The van der Waals surface area contributed by atoms with Crippen molar-refractivity contribution in [1.82, 2.24) is 25.4 Å². The summed E-state index contributed by atoms with van der Waals surface area (Å²) < 4.78 is 0.969. The van der Waals surface area contributed by atoms with Crippen LogP contribution in [0.25, 0.3) is 0 Å². The van der Waals surface area contributed by atoms with Gasteiger partial charge in [0, 0.05) is 67.6 Å². The molecule has 126 valence electrons. The third-order valence-electron chi connectivity index (χ3n) is 4.61. The molecular formula is C16H19BrN6O. The van der Waals surface area contributed by atoms with Crippen LogP contribution >= 0.6 is 15.9 Å². The first-order valence-electron chi connectivity index (χ1n) is 8.15. The summed E-state index contributed by atoms with van der Waals surface area (Å²) in [6.45, 7) is 4.59. The van der Waals surface area contributed by atoms with Gasteiger partial charge in [0.25, 0.3) is 5.91 Å². The lowest BCUT2D eigenvalue weighted by Gasteiger charge is -2.35. The van der Waals surface area contributed by atoms with Crippen LogP contribution in [0.15, 0.2) is 22.8 Å². The summed E-state index contributed by atoms with van der Waals surface area (Å²) in [7, 11) is 0. The van der Waals surface area contributed by atoms with E-state index in [9.17, 15) is 4.79 Å². The van der Waals surface area contributed by atoms with Crippen LogP contribution < -0.4 is 10.2 Å². The molecule has 0 spiro atoms. The average molecular weight is 391 g/mol. The Balaban J connectivity index is 1.43. The molecule has 2 aliphatic heterocycles. The number of halogens is 1. The maximum Gasteiger partial charge on any atom is 0.274 e. The summed E-state index contributed by atoms with van der Waals surface area (Å²) in [5.41, 5.74) is 2.70. The van der Waals surface area contributed by atoms with Crippen LogP contribution in [-0.4, -0.2) is 58.7 Å². The predicted molar refractivity (Wildman–Crippen MR) is 94.1 cm³/mol. The van der Waals surface area contributed by atoms with Crippen molar-refractivity contribution in [2.24, 2.45) is 0 Å². The molecule has 2 aromatic rings. The smallest absolute Gasteiger partial charge is 0.274 e. The molecule has 0 atom stereocenters. The highest BCUT2D eigenvalue weighted by molar-refractivity contribution is 9.10. The van der Waals surface area contributed by atoms with Gasteiger partial charge in [-0.25, -0.2) is 4.98 Å². The Kier molecular flexibility index (Phi) is 4.24. The predicted octanol–water partition coefficient (Wildman–Crippen LogP) is 1.18. The summed E-state index contributed by atoms with van der Waals surface area (Å²) >= 11 is 3.40. The van der Waals surface area contributed by atoms with Gasteiger partial charge in [0.1, 0.15) is 5.82 Å². The van der Waals surface area contributed by atoms with E-state index in [1.165, 1.54) is 0 Å². The molecule has 0 aliphatic carbocycles. The number of amides is 1. The number of aromatic nitrogens is 3. The molecule has 0 unspecified atom stereocenters. The minimum atomic E-state index is 0.0274. The monoisotopic (exact) mass is 390 g/mol. The molecule has 8 heteroatoms. The SMILES string of the molecule is O=C(c1n[nH]c2c1CNCC2)N1CCN(c2ccc(Br)cn2)CC1. The third kappa shape index (κ3) is 2.91. The van der Waals surface area contributed by atoms with E-state index in [0.29, 0.717) is 18.8 Å². The van der Waals surface area contributed by atoms with Crippen LogP contribution in [0.3, 0.4) is 0 Å². The maximum atomic E-state index is 12.8. The van der Waals surface area contributed by atoms with E-state index < -0.39 is 0 Å². The Morgan fingerprint density at radius 2 is 2.04 bits per heavy atom. The first-order chi connectivity index (χ1) is 11.7. The molecule has 0 bridgehead atoms. The molecule has 0 aromatic carbocycles. The Labute approximate surface area is 148 Å². The molecule has 2 aromatic heterocycles. The number of hydrogen-bond donors (Lipinski definition) is 2. The van der Waals surface area contributed by atoms with Crippen molar-refractivity contribution < 1.29 is 4.79 Å². The second kappa shape index (κ2) is 6.52. The topological polar surface area (TPSA) is 77.2 Å². The zero-order valence-electron chi connectivity index (χ0n) is 13.3. The number of nitrogens with zero attached hydrogens (tertiary/aromatic N) is 4. The van der Waals surface area contributed by atoms with Crippen molar-refractivity contribution in [3.63, 3.8) is 0 Å². The average Bonchev–Trinajstić information content (AvgIpc) is 3.06. The molecule has 0 radical (unpaired) electrons. The molecule has 1 amide bonds. The summed E-state index contributed by atoms with van der Waals surface area (Å²) in [5, 5.41) is 10.6. The van der Waals surface area contributed by atoms with Gasteiger partial charge in [-0.2, -0.15) is 5.10 Å². The molecule has 1 saturated heterocycles. The molecule has 4 rings (SSSR count). The van der Waals surface area contributed by atoms with Crippen LogP contribution in [0.2, 0.25) is 0 Å². The highest BCUT2D eigenvalue weighted by Crippen LogP contribution is 2.20.